The first-order chi connectivity index (χ1) is 13.8. The van der Waals surface area contributed by atoms with E-state index < -0.39 is 6.04 Å². The Morgan fingerprint density at radius 1 is 1.03 bits per heavy atom. The van der Waals surface area contributed by atoms with E-state index in [1.165, 1.54) is 5.56 Å². The van der Waals surface area contributed by atoms with Crippen molar-refractivity contribution in [3.63, 3.8) is 0 Å². The van der Waals surface area contributed by atoms with Gasteiger partial charge in [0.25, 0.3) is 0 Å². The zero-order chi connectivity index (χ0) is 21.4. The Bertz CT molecular complexity index is 818. The number of halogens is 1. The highest BCUT2D eigenvalue weighted by Crippen LogP contribution is 2.16. The predicted octanol–water partition coefficient (Wildman–Crippen LogP) is 4.77. The Morgan fingerprint density at radius 2 is 1.72 bits per heavy atom. The first kappa shape index (κ1) is 23.0. The Hall–Kier alpha value is -2.33. The van der Waals surface area contributed by atoms with Gasteiger partial charge in [0.15, 0.2) is 0 Å². The van der Waals surface area contributed by atoms with Crippen LogP contribution >= 0.6 is 11.6 Å². The summed E-state index contributed by atoms with van der Waals surface area (Å²) in [6, 6.07) is 15.0. The third-order valence-electron chi connectivity index (χ3n) is 4.84. The van der Waals surface area contributed by atoms with Crippen LogP contribution in [0.4, 0.5) is 0 Å². The van der Waals surface area contributed by atoms with Gasteiger partial charge in [0.05, 0.1) is 0 Å². The lowest BCUT2D eigenvalue weighted by molar-refractivity contribution is -0.140. The highest BCUT2D eigenvalue weighted by molar-refractivity contribution is 6.30. The van der Waals surface area contributed by atoms with E-state index in [2.05, 4.69) is 5.32 Å². The van der Waals surface area contributed by atoms with Crippen molar-refractivity contribution in [2.75, 3.05) is 6.54 Å². The van der Waals surface area contributed by atoms with Crippen LogP contribution in [0.15, 0.2) is 48.5 Å². The Kier molecular flexibility index (Phi) is 8.71. The maximum Gasteiger partial charge on any atom is 0.242 e. The number of carbonyl (C=O) groups is 2. The SMILES string of the molecule is Cc1ccc(CCC(=O)N(Cc2cccc(Cl)c2)[C@@H](C)C(=O)NCC(C)C)cc1. The van der Waals surface area contributed by atoms with Crippen LogP contribution in [0.2, 0.25) is 5.02 Å². The van der Waals surface area contributed by atoms with Crippen molar-refractivity contribution in [3.05, 3.63) is 70.2 Å². The number of rotatable bonds is 9. The van der Waals surface area contributed by atoms with Gasteiger partial charge in [-0.05, 0) is 49.4 Å². The van der Waals surface area contributed by atoms with E-state index in [-0.39, 0.29) is 11.8 Å². The molecule has 0 unspecified atom stereocenters. The standard InChI is InChI=1S/C24H31ClN2O2/c1-17(2)15-26-24(29)19(4)27(16-21-6-5-7-22(25)14-21)23(28)13-12-20-10-8-18(3)9-11-20/h5-11,14,17,19H,12-13,15-16H2,1-4H3,(H,26,29)/t19-/m0/s1. The molecule has 0 aliphatic heterocycles. The number of carbonyl (C=O) groups excluding carboxylic acids is 2. The van der Waals surface area contributed by atoms with Crippen molar-refractivity contribution in [2.45, 2.75) is 53.1 Å². The number of amides is 2. The predicted molar refractivity (Wildman–Crippen MR) is 119 cm³/mol. The van der Waals surface area contributed by atoms with E-state index in [0.717, 1.165) is 11.1 Å². The van der Waals surface area contributed by atoms with Gasteiger partial charge in [-0.1, -0.05) is 67.4 Å². The maximum absolute atomic E-state index is 13.1. The molecule has 0 fully saturated rings. The van der Waals surface area contributed by atoms with Crippen LogP contribution < -0.4 is 5.32 Å². The third-order valence-corrected chi connectivity index (χ3v) is 5.08. The molecule has 4 nitrogen and oxygen atoms in total. The number of nitrogens with one attached hydrogen (secondary N) is 1. The van der Waals surface area contributed by atoms with Gasteiger partial charge >= 0.3 is 0 Å². The molecule has 2 aromatic rings. The second kappa shape index (κ2) is 11.0. The van der Waals surface area contributed by atoms with Crippen molar-refractivity contribution in [2.24, 2.45) is 5.92 Å². The molecule has 0 saturated carbocycles. The van der Waals surface area contributed by atoms with Crippen LogP contribution in [0.3, 0.4) is 0 Å². The Morgan fingerprint density at radius 3 is 2.34 bits per heavy atom. The topological polar surface area (TPSA) is 49.4 Å². The van der Waals surface area contributed by atoms with Crippen molar-refractivity contribution >= 4 is 23.4 Å². The highest BCUT2D eigenvalue weighted by Gasteiger charge is 2.26. The average molecular weight is 415 g/mol. The number of aryl methyl sites for hydroxylation is 2. The molecular weight excluding hydrogens is 384 g/mol. The lowest BCUT2D eigenvalue weighted by atomic mass is 10.1. The van der Waals surface area contributed by atoms with E-state index >= 15 is 0 Å². The fourth-order valence-corrected chi connectivity index (χ4v) is 3.23. The van der Waals surface area contributed by atoms with Crippen LogP contribution in [-0.2, 0) is 22.6 Å². The van der Waals surface area contributed by atoms with Gasteiger partial charge in [-0.25, -0.2) is 0 Å². The first-order valence-corrected chi connectivity index (χ1v) is 10.5. The van der Waals surface area contributed by atoms with Crippen LogP contribution in [-0.4, -0.2) is 29.3 Å². The molecule has 0 bridgehead atoms. The molecule has 2 aromatic carbocycles. The lowest BCUT2D eigenvalue weighted by Crippen LogP contribution is -2.48. The smallest absolute Gasteiger partial charge is 0.242 e. The summed E-state index contributed by atoms with van der Waals surface area (Å²) >= 11 is 6.11. The first-order valence-electron chi connectivity index (χ1n) is 10.1. The molecule has 0 aliphatic carbocycles. The van der Waals surface area contributed by atoms with Gasteiger partial charge in [-0.15, -0.1) is 0 Å². The summed E-state index contributed by atoms with van der Waals surface area (Å²) in [6.45, 7) is 8.85. The minimum absolute atomic E-state index is 0.0438. The molecule has 1 N–H and O–H groups in total. The second-order valence-electron chi connectivity index (χ2n) is 7.95. The molecule has 156 valence electrons. The quantitative estimate of drug-likeness (QED) is 0.642. The van der Waals surface area contributed by atoms with Gasteiger partial charge in [0.1, 0.15) is 6.04 Å². The molecule has 0 aliphatic rings. The van der Waals surface area contributed by atoms with Gasteiger partial charge in [0.2, 0.25) is 11.8 Å². The zero-order valence-electron chi connectivity index (χ0n) is 17.7. The van der Waals surface area contributed by atoms with E-state index in [0.29, 0.717) is 36.9 Å². The van der Waals surface area contributed by atoms with E-state index in [9.17, 15) is 9.59 Å². The van der Waals surface area contributed by atoms with E-state index in [4.69, 9.17) is 11.6 Å². The summed E-state index contributed by atoms with van der Waals surface area (Å²) < 4.78 is 0. The molecule has 0 saturated heterocycles. The number of nitrogens with zero attached hydrogens (tertiary/aromatic N) is 1. The summed E-state index contributed by atoms with van der Waals surface area (Å²) in [4.78, 5) is 27.3. The molecule has 29 heavy (non-hydrogen) atoms. The van der Waals surface area contributed by atoms with Gasteiger partial charge < -0.3 is 10.2 Å². The maximum atomic E-state index is 13.1. The van der Waals surface area contributed by atoms with Crippen LogP contribution in [0.25, 0.3) is 0 Å². The van der Waals surface area contributed by atoms with Gasteiger partial charge in [-0.2, -0.15) is 0 Å². The molecular formula is C24H31ClN2O2. The van der Waals surface area contributed by atoms with Gasteiger partial charge in [0, 0.05) is 24.5 Å². The molecule has 0 spiro atoms. The number of hydrogen-bond donors (Lipinski definition) is 1. The minimum atomic E-state index is -0.557. The number of hydrogen-bond acceptors (Lipinski definition) is 2. The third kappa shape index (κ3) is 7.54. The van der Waals surface area contributed by atoms with E-state index in [1.54, 1.807) is 17.9 Å². The minimum Gasteiger partial charge on any atom is -0.354 e. The summed E-state index contributed by atoms with van der Waals surface area (Å²) in [6.07, 6.45) is 0.997. The largest absolute Gasteiger partial charge is 0.354 e. The molecule has 0 radical (unpaired) electrons. The average Bonchev–Trinajstić information content (AvgIpc) is 2.69. The summed E-state index contributed by atoms with van der Waals surface area (Å²) in [5.74, 6) is 0.173. The highest BCUT2D eigenvalue weighted by atomic mass is 35.5. The Labute approximate surface area is 179 Å². The molecule has 1 atom stereocenters. The number of benzene rings is 2. The summed E-state index contributed by atoms with van der Waals surface area (Å²) in [5.41, 5.74) is 3.21. The van der Waals surface area contributed by atoms with Crippen molar-refractivity contribution in [3.8, 4) is 0 Å². The van der Waals surface area contributed by atoms with Crippen LogP contribution in [0.5, 0.6) is 0 Å². The summed E-state index contributed by atoms with van der Waals surface area (Å²) in [5, 5.41) is 3.55. The second-order valence-corrected chi connectivity index (χ2v) is 8.39. The van der Waals surface area contributed by atoms with Crippen LogP contribution in [0, 0.1) is 12.8 Å². The monoisotopic (exact) mass is 414 g/mol. The fraction of sp³-hybridized carbons (Fsp3) is 0.417. The van der Waals surface area contributed by atoms with Crippen molar-refractivity contribution in [1.82, 2.24) is 10.2 Å². The lowest BCUT2D eigenvalue weighted by Gasteiger charge is -2.29. The molecule has 0 aromatic heterocycles. The Balaban J connectivity index is 2.12. The molecule has 0 heterocycles. The molecule has 5 heteroatoms. The fourth-order valence-electron chi connectivity index (χ4n) is 3.02. The summed E-state index contributed by atoms with van der Waals surface area (Å²) in [7, 11) is 0. The van der Waals surface area contributed by atoms with Crippen molar-refractivity contribution in [1.29, 1.82) is 0 Å². The van der Waals surface area contributed by atoms with Gasteiger partial charge in [-0.3, -0.25) is 9.59 Å². The van der Waals surface area contributed by atoms with Crippen molar-refractivity contribution < 1.29 is 9.59 Å². The van der Waals surface area contributed by atoms with E-state index in [1.807, 2.05) is 63.2 Å². The zero-order valence-corrected chi connectivity index (χ0v) is 18.5. The van der Waals surface area contributed by atoms with Crippen LogP contribution in [0.1, 0.15) is 43.9 Å². The molecule has 2 rings (SSSR count). The normalized spacial score (nSPS) is 11.9. The molecule has 2 amide bonds.